The van der Waals surface area contributed by atoms with E-state index < -0.39 is 0 Å². The van der Waals surface area contributed by atoms with Gasteiger partial charge in [0.1, 0.15) is 18.2 Å². The van der Waals surface area contributed by atoms with Gasteiger partial charge in [0, 0.05) is 22.9 Å². The number of amides is 1. The summed E-state index contributed by atoms with van der Waals surface area (Å²) in [6, 6.07) is 16.3. The molecule has 4 rings (SSSR count). The molecule has 0 aliphatic rings. The largest absolute Gasteiger partial charge is 0.489 e. The van der Waals surface area contributed by atoms with Gasteiger partial charge in [0.25, 0.3) is 5.91 Å². The fourth-order valence-electron chi connectivity index (χ4n) is 3.45. The van der Waals surface area contributed by atoms with E-state index in [-0.39, 0.29) is 11.7 Å². The minimum absolute atomic E-state index is 0.233. The average Bonchev–Trinajstić information content (AvgIpc) is 3.34. The topological polar surface area (TPSA) is 56.1 Å². The van der Waals surface area contributed by atoms with Crippen LogP contribution < -0.4 is 10.1 Å². The van der Waals surface area contributed by atoms with Crippen LogP contribution in [0.1, 0.15) is 37.6 Å². The van der Waals surface area contributed by atoms with Crippen molar-refractivity contribution in [1.29, 1.82) is 0 Å². The molecule has 4 aromatic rings. The number of aryl methyl sites for hydroxylation is 3. The molecular weight excluding hydrogens is 425 g/mol. The molecule has 2 heterocycles. The van der Waals surface area contributed by atoms with E-state index in [1.165, 1.54) is 17.4 Å². The Hall–Kier alpha value is -3.45. The lowest BCUT2D eigenvalue weighted by molar-refractivity contribution is 0.103. The predicted molar refractivity (Wildman–Crippen MR) is 125 cm³/mol. The Balaban J connectivity index is 1.38. The normalized spacial score (nSPS) is 10.9. The molecule has 0 saturated carbocycles. The molecule has 7 heteroatoms. The van der Waals surface area contributed by atoms with Crippen molar-refractivity contribution >= 4 is 23.1 Å². The first-order chi connectivity index (χ1) is 15.4. The Labute approximate surface area is 190 Å². The molecule has 32 heavy (non-hydrogen) atoms. The van der Waals surface area contributed by atoms with Gasteiger partial charge in [0.15, 0.2) is 5.82 Å². The van der Waals surface area contributed by atoms with Crippen LogP contribution in [0.5, 0.6) is 5.75 Å². The number of anilines is 1. The zero-order valence-electron chi connectivity index (χ0n) is 18.2. The van der Waals surface area contributed by atoms with Gasteiger partial charge in [-0.2, -0.15) is 5.10 Å². The number of halogens is 1. The smallest absolute Gasteiger partial charge is 0.266 e. The number of hydrogen-bond acceptors (Lipinski definition) is 4. The molecule has 0 aliphatic carbocycles. The second-order valence-corrected chi connectivity index (χ2v) is 8.72. The summed E-state index contributed by atoms with van der Waals surface area (Å²) < 4.78 is 21.5. The summed E-state index contributed by atoms with van der Waals surface area (Å²) in [7, 11) is 0. The Kier molecular flexibility index (Phi) is 6.37. The van der Waals surface area contributed by atoms with Crippen LogP contribution in [0.25, 0.3) is 0 Å². The molecule has 0 unspecified atom stereocenters. The molecule has 1 N–H and O–H groups in total. The molecular formula is C25H24FN3O2S. The van der Waals surface area contributed by atoms with Crippen molar-refractivity contribution in [2.75, 3.05) is 5.32 Å². The molecule has 0 aliphatic heterocycles. The molecule has 1 amide bonds. The van der Waals surface area contributed by atoms with Crippen LogP contribution in [0, 0.1) is 26.6 Å². The number of ether oxygens (including phenoxy) is 1. The number of hydrogen-bond donors (Lipinski definition) is 1. The first-order valence-corrected chi connectivity index (χ1v) is 11.1. The lowest BCUT2D eigenvalue weighted by Gasteiger charge is -2.07. The van der Waals surface area contributed by atoms with E-state index in [1.54, 1.807) is 28.9 Å². The Morgan fingerprint density at radius 1 is 1.09 bits per heavy atom. The highest BCUT2D eigenvalue weighted by Crippen LogP contribution is 2.21. The summed E-state index contributed by atoms with van der Waals surface area (Å²) >= 11 is 1.36. The van der Waals surface area contributed by atoms with Crippen molar-refractivity contribution in [2.24, 2.45) is 0 Å². The molecule has 0 saturated heterocycles. The van der Waals surface area contributed by atoms with Crippen molar-refractivity contribution in [3.8, 4) is 5.75 Å². The van der Waals surface area contributed by atoms with Gasteiger partial charge in [-0.05, 0) is 61.5 Å². The fourth-order valence-corrected chi connectivity index (χ4v) is 4.24. The molecule has 0 bridgehead atoms. The van der Waals surface area contributed by atoms with Gasteiger partial charge in [0.05, 0.1) is 11.4 Å². The second kappa shape index (κ2) is 9.36. The summed E-state index contributed by atoms with van der Waals surface area (Å²) in [5.41, 5.74) is 4.60. The van der Waals surface area contributed by atoms with Crippen LogP contribution in [0.15, 0.2) is 60.0 Å². The van der Waals surface area contributed by atoms with Crippen molar-refractivity contribution in [3.05, 3.63) is 98.6 Å². The van der Waals surface area contributed by atoms with E-state index >= 15 is 0 Å². The van der Waals surface area contributed by atoms with Gasteiger partial charge in [-0.1, -0.05) is 24.3 Å². The summed E-state index contributed by atoms with van der Waals surface area (Å²) in [6.07, 6.45) is 0. The van der Waals surface area contributed by atoms with Gasteiger partial charge >= 0.3 is 0 Å². The van der Waals surface area contributed by atoms with Gasteiger partial charge < -0.3 is 10.1 Å². The maximum absolute atomic E-state index is 13.9. The van der Waals surface area contributed by atoms with Crippen molar-refractivity contribution in [2.45, 2.75) is 33.9 Å². The van der Waals surface area contributed by atoms with E-state index in [2.05, 4.69) is 16.5 Å². The van der Waals surface area contributed by atoms with Crippen LogP contribution in [0.4, 0.5) is 10.2 Å². The first kappa shape index (κ1) is 21.8. The molecule has 5 nitrogen and oxygen atoms in total. The number of carbonyl (C=O) groups excluding carboxylic acids is 1. The Morgan fingerprint density at radius 3 is 2.59 bits per heavy atom. The van der Waals surface area contributed by atoms with Gasteiger partial charge in [-0.25, -0.2) is 4.39 Å². The number of thiophene rings is 1. The van der Waals surface area contributed by atoms with E-state index in [0.717, 1.165) is 28.1 Å². The van der Waals surface area contributed by atoms with Gasteiger partial charge in [-0.15, -0.1) is 11.3 Å². The minimum Gasteiger partial charge on any atom is -0.489 e. The maximum Gasteiger partial charge on any atom is 0.266 e. The highest BCUT2D eigenvalue weighted by molar-refractivity contribution is 7.12. The van der Waals surface area contributed by atoms with Crippen LogP contribution in [0.2, 0.25) is 0 Å². The van der Waals surface area contributed by atoms with Gasteiger partial charge in [0.2, 0.25) is 0 Å². The Morgan fingerprint density at radius 2 is 1.84 bits per heavy atom. The third-order valence-corrected chi connectivity index (χ3v) is 5.96. The standard InChI is InChI=1S/C25H24FN3O2S/c1-16-8-17(2)10-21(9-16)31-14-19-12-23(32-15-19)25(30)27-24-11-18(3)29(28-24)13-20-6-4-5-7-22(20)26/h4-12,15H,13-14H2,1-3H3,(H,27,28,30). The highest BCUT2D eigenvalue weighted by Gasteiger charge is 2.14. The number of benzene rings is 2. The zero-order chi connectivity index (χ0) is 22.7. The lowest BCUT2D eigenvalue weighted by Crippen LogP contribution is -2.12. The monoisotopic (exact) mass is 449 g/mol. The van der Waals surface area contributed by atoms with Gasteiger partial charge in [-0.3, -0.25) is 9.48 Å². The quantitative estimate of drug-likeness (QED) is 0.383. The lowest BCUT2D eigenvalue weighted by atomic mass is 10.1. The maximum atomic E-state index is 13.9. The van der Waals surface area contributed by atoms with Crippen LogP contribution in [-0.4, -0.2) is 15.7 Å². The van der Waals surface area contributed by atoms with Crippen molar-refractivity contribution < 1.29 is 13.9 Å². The summed E-state index contributed by atoms with van der Waals surface area (Å²) in [4.78, 5) is 13.2. The number of nitrogens with zero attached hydrogens (tertiary/aromatic N) is 2. The zero-order valence-corrected chi connectivity index (χ0v) is 19.0. The van der Waals surface area contributed by atoms with E-state index in [0.29, 0.717) is 29.4 Å². The van der Waals surface area contributed by atoms with Crippen molar-refractivity contribution in [3.63, 3.8) is 0 Å². The van der Waals surface area contributed by atoms with Crippen molar-refractivity contribution in [1.82, 2.24) is 9.78 Å². The second-order valence-electron chi connectivity index (χ2n) is 7.81. The summed E-state index contributed by atoms with van der Waals surface area (Å²) in [5, 5.41) is 9.15. The number of carbonyl (C=O) groups is 1. The highest BCUT2D eigenvalue weighted by atomic mass is 32.1. The molecule has 2 aromatic carbocycles. The Bertz CT molecular complexity index is 1240. The van der Waals surface area contributed by atoms with E-state index in [4.69, 9.17) is 4.74 Å². The molecule has 0 atom stereocenters. The van der Waals surface area contributed by atoms with Crippen LogP contribution >= 0.6 is 11.3 Å². The SMILES string of the molecule is Cc1cc(C)cc(OCc2csc(C(=O)Nc3cc(C)n(Cc4ccccc4F)n3)c2)c1. The minimum atomic E-state index is -0.276. The molecule has 0 spiro atoms. The predicted octanol–water partition coefficient (Wildman–Crippen LogP) is 5.89. The van der Waals surface area contributed by atoms with Crippen LogP contribution in [0.3, 0.4) is 0 Å². The third-order valence-electron chi connectivity index (χ3n) is 4.98. The molecule has 0 fully saturated rings. The fraction of sp³-hybridized carbons (Fsp3) is 0.200. The average molecular weight is 450 g/mol. The number of rotatable bonds is 7. The molecule has 2 aromatic heterocycles. The summed E-state index contributed by atoms with van der Waals surface area (Å²) in [6.45, 7) is 6.63. The van der Waals surface area contributed by atoms with E-state index in [9.17, 15) is 9.18 Å². The molecule has 0 radical (unpaired) electrons. The van der Waals surface area contributed by atoms with E-state index in [1.807, 2.05) is 44.4 Å². The third kappa shape index (κ3) is 5.23. The summed E-state index contributed by atoms with van der Waals surface area (Å²) in [5.74, 6) is 0.742. The number of aromatic nitrogens is 2. The number of nitrogens with one attached hydrogen (secondary N) is 1. The van der Waals surface area contributed by atoms with Crippen LogP contribution in [-0.2, 0) is 13.2 Å². The molecule has 164 valence electrons. The first-order valence-electron chi connectivity index (χ1n) is 10.2.